The zero-order valence-corrected chi connectivity index (χ0v) is 13.8. The fourth-order valence-electron chi connectivity index (χ4n) is 2.99. The Hall–Kier alpha value is -1.69. The number of nitrogens with one attached hydrogen (secondary N) is 1. The summed E-state index contributed by atoms with van der Waals surface area (Å²) in [7, 11) is 0. The lowest BCUT2D eigenvalue weighted by molar-refractivity contribution is 0.170. The second kappa shape index (κ2) is 7.47. The van der Waals surface area contributed by atoms with Crippen LogP contribution in [-0.2, 0) is 0 Å². The molecule has 2 atom stereocenters. The van der Waals surface area contributed by atoms with Crippen molar-refractivity contribution in [3.05, 3.63) is 64.7 Å². The van der Waals surface area contributed by atoms with E-state index in [-0.39, 0.29) is 17.7 Å². The van der Waals surface area contributed by atoms with E-state index in [9.17, 15) is 13.9 Å². The van der Waals surface area contributed by atoms with Gasteiger partial charge in [-0.3, -0.25) is 0 Å². The standard InChI is InChI=1S/C18H19ClF2N2O/c19-13-4-5-17(16(21)9-13)23-7-6-15(11-23)22-10-18(24)12-2-1-3-14(20)8-12/h1-5,8-9,15,18,22,24H,6-7,10-11H2. The van der Waals surface area contributed by atoms with Gasteiger partial charge in [0.15, 0.2) is 0 Å². The molecule has 1 aliphatic heterocycles. The molecule has 3 rings (SSSR count). The first-order chi connectivity index (χ1) is 11.5. The van der Waals surface area contributed by atoms with E-state index in [0.717, 1.165) is 13.0 Å². The van der Waals surface area contributed by atoms with Crippen molar-refractivity contribution in [1.29, 1.82) is 0 Å². The van der Waals surface area contributed by atoms with Crippen molar-refractivity contribution in [2.45, 2.75) is 18.6 Å². The van der Waals surface area contributed by atoms with Crippen LogP contribution in [0.5, 0.6) is 0 Å². The van der Waals surface area contributed by atoms with Gasteiger partial charge in [-0.05, 0) is 42.3 Å². The van der Waals surface area contributed by atoms with Crippen LogP contribution in [0.25, 0.3) is 0 Å². The zero-order valence-electron chi connectivity index (χ0n) is 13.1. The Bertz CT molecular complexity index is 713. The molecule has 2 N–H and O–H groups in total. The van der Waals surface area contributed by atoms with Gasteiger partial charge < -0.3 is 15.3 Å². The van der Waals surface area contributed by atoms with E-state index in [2.05, 4.69) is 5.32 Å². The maximum absolute atomic E-state index is 14.0. The number of anilines is 1. The number of aliphatic hydroxyl groups is 1. The Morgan fingerprint density at radius 3 is 2.83 bits per heavy atom. The molecule has 1 aliphatic rings. The molecule has 1 heterocycles. The Labute approximate surface area is 144 Å². The molecule has 0 saturated carbocycles. The van der Waals surface area contributed by atoms with Gasteiger partial charge in [-0.1, -0.05) is 23.7 Å². The van der Waals surface area contributed by atoms with Crippen molar-refractivity contribution >= 4 is 17.3 Å². The first-order valence-electron chi connectivity index (χ1n) is 7.90. The van der Waals surface area contributed by atoms with E-state index >= 15 is 0 Å². The van der Waals surface area contributed by atoms with Crippen LogP contribution in [0.15, 0.2) is 42.5 Å². The van der Waals surface area contributed by atoms with Gasteiger partial charge in [0.25, 0.3) is 0 Å². The molecule has 6 heteroatoms. The summed E-state index contributed by atoms with van der Waals surface area (Å²) in [5.74, 6) is -0.695. The third-order valence-corrected chi connectivity index (χ3v) is 4.51. The second-order valence-electron chi connectivity index (χ2n) is 6.01. The fourth-order valence-corrected chi connectivity index (χ4v) is 3.15. The van der Waals surface area contributed by atoms with Gasteiger partial charge in [0.1, 0.15) is 11.6 Å². The first kappa shape index (κ1) is 17.1. The third kappa shape index (κ3) is 4.04. The summed E-state index contributed by atoms with van der Waals surface area (Å²) in [5, 5.41) is 13.8. The van der Waals surface area contributed by atoms with E-state index in [1.165, 1.54) is 18.2 Å². The molecule has 3 nitrogen and oxygen atoms in total. The molecule has 2 aromatic carbocycles. The van der Waals surface area contributed by atoms with E-state index < -0.39 is 6.10 Å². The number of hydrogen-bond donors (Lipinski definition) is 2. The topological polar surface area (TPSA) is 35.5 Å². The minimum atomic E-state index is -0.776. The van der Waals surface area contributed by atoms with Crippen molar-refractivity contribution in [3.63, 3.8) is 0 Å². The Morgan fingerprint density at radius 2 is 2.08 bits per heavy atom. The smallest absolute Gasteiger partial charge is 0.147 e. The predicted octanol–water partition coefficient (Wildman–Crippen LogP) is 3.52. The van der Waals surface area contributed by atoms with Crippen molar-refractivity contribution in [2.75, 3.05) is 24.5 Å². The molecule has 0 amide bonds. The molecular formula is C18H19ClF2N2O. The highest BCUT2D eigenvalue weighted by Gasteiger charge is 2.25. The number of nitrogens with zero attached hydrogens (tertiary/aromatic N) is 1. The molecular weight excluding hydrogens is 334 g/mol. The highest BCUT2D eigenvalue weighted by atomic mass is 35.5. The molecule has 24 heavy (non-hydrogen) atoms. The van der Waals surface area contributed by atoms with Crippen LogP contribution in [0.3, 0.4) is 0 Å². The lowest BCUT2D eigenvalue weighted by Crippen LogP contribution is -2.35. The summed E-state index contributed by atoms with van der Waals surface area (Å²) in [4.78, 5) is 1.96. The maximum Gasteiger partial charge on any atom is 0.147 e. The maximum atomic E-state index is 14.0. The molecule has 0 bridgehead atoms. The van der Waals surface area contributed by atoms with Crippen LogP contribution in [-0.4, -0.2) is 30.8 Å². The quantitative estimate of drug-likeness (QED) is 0.864. The largest absolute Gasteiger partial charge is 0.387 e. The number of halogens is 3. The van der Waals surface area contributed by atoms with Gasteiger partial charge in [0.2, 0.25) is 0 Å². The molecule has 2 aromatic rings. The van der Waals surface area contributed by atoms with Gasteiger partial charge in [-0.25, -0.2) is 8.78 Å². The predicted molar refractivity (Wildman–Crippen MR) is 91.4 cm³/mol. The van der Waals surface area contributed by atoms with Crippen LogP contribution in [0.4, 0.5) is 14.5 Å². The molecule has 128 valence electrons. The van der Waals surface area contributed by atoms with Gasteiger partial charge in [0, 0.05) is 30.7 Å². The van der Waals surface area contributed by atoms with Crippen molar-refractivity contribution in [3.8, 4) is 0 Å². The second-order valence-corrected chi connectivity index (χ2v) is 6.44. The summed E-state index contributed by atoms with van der Waals surface area (Å²) in [5.41, 5.74) is 1.08. The van der Waals surface area contributed by atoms with E-state index in [4.69, 9.17) is 11.6 Å². The molecule has 0 radical (unpaired) electrons. The SMILES string of the molecule is OC(CNC1CCN(c2ccc(Cl)cc2F)C1)c1cccc(F)c1. The summed E-state index contributed by atoms with van der Waals surface area (Å²) < 4.78 is 27.2. The van der Waals surface area contributed by atoms with Crippen molar-refractivity contribution in [1.82, 2.24) is 5.32 Å². The fraction of sp³-hybridized carbons (Fsp3) is 0.333. The van der Waals surface area contributed by atoms with Gasteiger partial charge in [0.05, 0.1) is 11.8 Å². The molecule has 1 saturated heterocycles. The van der Waals surface area contributed by atoms with Crippen molar-refractivity contribution < 1.29 is 13.9 Å². The van der Waals surface area contributed by atoms with E-state index in [0.29, 0.717) is 29.4 Å². The molecule has 0 spiro atoms. The van der Waals surface area contributed by atoms with Gasteiger partial charge in [-0.15, -0.1) is 0 Å². The number of benzene rings is 2. The van der Waals surface area contributed by atoms with E-state index in [1.807, 2.05) is 4.90 Å². The van der Waals surface area contributed by atoms with Crippen molar-refractivity contribution in [2.24, 2.45) is 0 Å². The van der Waals surface area contributed by atoms with E-state index in [1.54, 1.807) is 24.3 Å². The average molecular weight is 353 g/mol. The number of hydrogen-bond acceptors (Lipinski definition) is 3. The zero-order chi connectivity index (χ0) is 17.1. The summed E-state index contributed by atoms with van der Waals surface area (Å²) in [6.45, 7) is 1.70. The summed E-state index contributed by atoms with van der Waals surface area (Å²) >= 11 is 5.78. The van der Waals surface area contributed by atoms with Crippen LogP contribution in [0.1, 0.15) is 18.1 Å². The monoisotopic (exact) mass is 352 g/mol. The van der Waals surface area contributed by atoms with Crippen LogP contribution in [0.2, 0.25) is 5.02 Å². The van der Waals surface area contributed by atoms with Gasteiger partial charge in [-0.2, -0.15) is 0 Å². The first-order valence-corrected chi connectivity index (χ1v) is 8.27. The van der Waals surface area contributed by atoms with Gasteiger partial charge >= 0.3 is 0 Å². The highest BCUT2D eigenvalue weighted by Crippen LogP contribution is 2.26. The number of rotatable bonds is 5. The Kier molecular flexibility index (Phi) is 5.33. The van der Waals surface area contributed by atoms with Crippen LogP contribution in [0, 0.1) is 11.6 Å². The summed E-state index contributed by atoms with van der Waals surface area (Å²) in [6.07, 6.45) is 0.0693. The minimum Gasteiger partial charge on any atom is -0.387 e. The summed E-state index contributed by atoms with van der Waals surface area (Å²) in [6, 6.07) is 10.8. The Morgan fingerprint density at radius 1 is 1.25 bits per heavy atom. The minimum absolute atomic E-state index is 0.142. The molecule has 1 fully saturated rings. The third-order valence-electron chi connectivity index (χ3n) is 4.27. The average Bonchev–Trinajstić information content (AvgIpc) is 3.01. The van der Waals surface area contributed by atoms with Crippen LogP contribution < -0.4 is 10.2 Å². The number of aliphatic hydroxyl groups excluding tert-OH is 1. The molecule has 0 aromatic heterocycles. The normalized spacial score (nSPS) is 18.8. The molecule has 0 aliphatic carbocycles. The Balaban J connectivity index is 1.54. The molecule has 2 unspecified atom stereocenters. The lowest BCUT2D eigenvalue weighted by atomic mass is 10.1. The van der Waals surface area contributed by atoms with Crippen LogP contribution >= 0.6 is 11.6 Å². The lowest BCUT2D eigenvalue weighted by Gasteiger charge is -2.20. The highest BCUT2D eigenvalue weighted by molar-refractivity contribution is 6.30.